The molecule has 19 heavy (non-hydrogen) atoms. The zero-order valence-electron chi connectivity index (χ0n) is 11.6. The van der Waals surface area contributed by atoms with Gasteiger partial charge < -0.3 is 10.8 Å². The molecule has 4 N–H and O–H groups in total. The lowest BCUT2D eigenvalue weighted by atomic mass is 10.0. The van der Waals surface area contributed by atoms with Gasteiger partial charge in [-0.2, -0.15) is 5.26 Å². The lowest BCUT2D eigenvalue weighted by molar-refractivity contribution is 0.440. The number of nitrogens with zero attached hydrogens (tertiary/aromatic N) is 3. The van der Waals surface area contributed by atoms with Gasteiger partial charge in [0.15, 0.2) is 6.19 Å². The van der Waals surface area contributed by atoms with Crippen LogP contribution in [0.25, 0.3) is 0 Å². The number of rotatable bonds is 4. The molecule has 104 valence electrons. The highest BCUT2D eigenvalue weighted by molar-refractivity contribution is 5.81. The minimum absolute atomic E-state index is 0. The first-order chi connectivity index (χ1) is 8.57. The second-order valence-electron chi connectivity index (χ2n) is 4.62. The molecule has 1 rings (SSSR count). The van der Waals surface area contributed by atoms with Crippen LogP contribution >= 0.6 is 0 Å². The molecular weight excluding hydrogens is 242 g/mol. The summed E-state index contributed by atoms with van der Waals surface area (Å²) in [5.41, 5.74) is 0.958. The van der Waals surface area contributed by atoms with Crippen LogP contribution in [0.3, 0.4) is 0 Å². The van der Waals surface area contributed by atoms with Gasteiger partial charge in [-0.1, -0.05) is 6.92 Å². The van der Waals surface area contributed by atoms with Crippen molar-refractivity contribution in [3.63, 3.8) is 0 Å². The summed E-state index contributed by atoms with van der Waals surface area (Å²) in [7, 11) is 0. The summed E-state index contributed by atoms with van der Waals surface area (Å²) in [4.78, 5) is 8.31. The van der Waals surface area contributed by atoms with Crippen molar-refractivity contribution >= 4 is 5.96 Å². The number of guanidine groups is 1. The average Bonchev–Trinajstić information content (AvgIpc) is 2.37. The third-order valence-electron chi connectivity index (χ3n) is 2.68. The topological polar surface area (TPSA) is 105 Å². The Labute approximate surface area is 113 Å². The van der Waals surface area contributed by atoms with Crippen molar-refractivity contribution in [3.05, 3.63) is 30.1 Å². The summed E-state index contributed by atoms with van der Waals surface area (Å²) in [6, 6.07) is 3.80. The van der Waals surface area contributed by atoms with E-state index in [1.54, 1.807) is 12.4 Å². The predicted octanol–water partition coefficient (Wildman–Crippen LogP) is 0.962. The Hall–Kier alpha value is -2.13. The highest BCUT2D eigenvalue weighted by Gasteiger charge is 2.16. The first-order valence-corrected chi connectivity index (χ1v) is 5.94. The summed E-state index contributed by atoms with van der Waals surface area (Å²) in [6.07, 6.45) is 6.29. The molecule has 1 heterocycles. The summed E-state index contributed by atoms with van der Waals surface area (Å²) in [6.45, 7) is 6.72. The Balaban J connectivity index is 0.00000324. The lowest BCUT2D eigenvalue weighted by Crippen LogP contribution is -2.47. The maximum atomic E-state index is 8.71. The van der Waals surface area contributed by atoms with Gasteiger partial charge in [0.1, 0.15) is 0 Å². The highest BCUT2D eigenvalue weighted by atomic mass is 16.0. The van der Waals surface area contributed by atoms with Crippen LogP contribution in [-0.2, 0) is 6.54 Å². The van der Waals surface area contributed by atoms with E-state index in [1.165, 1.54) is 0 Å². The van der Waals surface area contributed by atoms with Crippen molar-refractivity contribution in [1.82, 2.24) is 15.6 Å². The number of pyridine rings is 1. The van der Waals surface area contributed by atoms with E-state index in [-0.39, 0.29) is 11.0 Å². The molecule has 0 unspecified atom stereocenters. The Morgan fingerprint density at radius 3 is 2.58 bits per heavy atom. The van der Waals surface area contributed by atoms with Crippen LogP contribution < -0.4 is 10.6 Å². The van der Waals surface area contributed by atoms with Crippen LogP contribution in [0.5, 0.6) is 0 Å². The quantitative estimate of drug-likeness (QED) is 0.365. The van der Waals surface area contributed by atoms with Gasteiger partial charge in [-0.3, -0.25) is 10.3 Å². The molecule has 0 spiro atoms. The molecule has 0 aliphatic heterocycles. The summed E-state index contributed by atoms with van der Waals surface area (Å²) in [5, 5.41) is 14.5. The Kier molecular flexibility index (Phi) is 7.15. The minimum atomic E-state index is -0.0963. The number of hydrogen-bond donors (Lipinski definition) is 2. The van der Waals surface area contributed by atoms with Crippen molar-refractivity contribution in [2.75, 3.05) is 0 Å². The van der Waals surface area contributed by atoms with Crippen LogP contribution in [-0.4, -0.2) is 22.0 Å². The fourth-order valence-electron chi connectivity index (χ4n) is 1.23. The van der Waals surface area contributed by atoms with E-state index < -0.39 is 0 Å². The number of aromatic nitrogens is 1. The number of hydrogen-bond acceptors (Lipinski definition) is 3. The Morgan fingerprint density at radius 2 is 2.05 bits per heavy atom. The SMILES string of the molecule is CCC(C)(C)NC(=NCc1ccncc1)NC#N.O. The zero-order valence-corrected chi connectivity index (χ0v) is 11.6. The maximum absolute atomic E-state index is 8.71. The van der Waals surface area contributed by atoms with Crippen LogP contribution in [0.4, 0.5) is 0 Å². The number of nitrogens with one attached hydrogen (secondary N) is 2. The molecular formula is C13H21N5O. The van der Waals surface area contributed by atoms with Crippen LogP contribution in [0, 0.1) is 11.5 Å². The molecule has 6 heteroatoms. The molecule has 0 fully saturated rings. The molecule has 0 aromatic carbocycles. The van der Waals surface area contributed by atoms with E-state index in [9.17, 15) is 0 Å². The van der Waals surface area contributed by atoms with Crippen molar-refractivity contribution < 1.29 is 5.48 Å². The smallest absolute Gasteiger partial charge is 0.205 e. The number of aliphatic imine (C=N–C) groups is 1. The molecule has 0 radical (unpaired) electrons. The molecule has 0 saturated heterocycles. The average molecular weight is 263 g/mol. The molecule has 6 nitrogen and oxygen atoms in total. The summed E-state index contributed by atoms with van der Waals surface area (Å²) in [5.74, 6) is 0.501. The van der Waals surface area contributed by atoms with Gasteiger partial charge in [0.25, 0.3) is 0 Å². The van der Waals surface area contributed by atoms with Gasteiger partial charge >= 0.3 is 0 Å². The number of nitriles is 1. The zero-order chi connectivity index (χ0) is 13.4. The Bertz CT molecular complexity index is 436. The van der Waals surface area contributed by atoms with Gasteiger partial charge in [0.05, 0.1) is 6.54 Å². The van der Waals surface area contributed by atoms with Gasteiger partial charge in [-0.15, -0.1) is 0 Å². The van der Waals surface area contributed by atoms with Gasteiger partial charge in [-0.05, 0) is 38.0 Å². The second-order valence-corrected chi connectivity index (χ2v) is 4.62. The highest BCUT2D eigenvalue weighted by Crippen LogP contribution is 2.06. The molecule has 0 bridgehead atoms. The minimum Gasteiger partial charge on any atom is -0.412 e. The van der Waals surface area contributed by atoms with Crippen LogP contribution in [0.15, 0.2) is 29.5 Å². The van der Waals surface area contributed by atoms with Crippen molar-refractivity contribution in [3.8, 4) is 6.19 Å². The van der Waals surface area contributed by atoms with Gasteiger partial charge in [0.2, 0.25) is 5.96 Å². The largest absolute Gasteiger partial charge is 0.412 e. The van der Waals surface area contributed by atoms with Crippen molar-refractivity contribution in [2.24, 2.45) is 4.99 Å². The van der Waals surface area contributed by atoms with Crippen molar-refractivity contribution in [1.29, 1.82) is 5.26 Å². The van der Waals surface area contributed by atoms with E-state index in [2.05, 4.69) is 41.4 Å². The van der Waals surface area contributed by atoms with E-state index in [4.69, 9.17) is 5.26 Å². The molecule has 0 aliphatic rings. The fraction of sp³-hybridized carbons (Fsp3) is 0.462. The standard InChI is InChI=1S/C13H19N5.H2O/c1-4-13(2,3)18-12(17-10-14)16-9-11-5-7-15-8-6-11;/h5-8H,4,9H2,1-3H3,(H2,16,17,18);1H2. The van der Waals surface area contributed by atoms with Crippen LogP contribution in [0.2, 0.25) is 0 Å². The summed E-state index contributed by atoms with van der Waals surface area (Å²) >= 11 is 0. The molecule has 0 amide bonds. The van der Waals surface area contributed by atoms with Gasteiger partial charge in [0, 0.05) is 17.9 Å². The first-order valence-electron chi connectivity index (χ1n) is 5.94. The molecule has 0 saturated carbocycles. The summed E-state index contributed by atoms with van der Waals surface area (Å²) < 4.78 is 0. The van der Waals surface area contributed by atoms with E-state index >= 15 is 0 Å². The van der Waals surface area contributed by atoms with Crippen LogP contribution in [0.1, 0.15) is 32.8 Å². The lowest BCUT2D eigenvalue weighted by Gasteiger charge is -2.25. The monoisotopic (exact) mass is 263 g/mol. The molecule has 0 aliphatic carbocycles. The Morgan fingerprint density at radius 1 is 1.42 bits per heavy atom. The molecule has 1 aromatic rings. The third kappa shape index (κ3) is 6.38. The molecule has 0 atom stereocenters. The van der Waals surface area contributed by atoms with E-state index in [1.807, 2.05) is 18.3 Å². The normalized spacial score (nSPS) is 11.2. The predicted molar refractivity (Wildman–Crippen MR) is 75.2 cm³/mol. The fourth-order valence-corrected chi connectivity index (χ4v) is 1.23. The van der Waals surface area contributed by atoms with E-state index in [0.717, 1.165) is 12.0 Å². The van der Waals surface area contributed by atoms with Crippen molar-refractivity contribution in [2.45, 2.75) is 39.3 Å². The maximum Gasteiger partial charge on any atom is 0.205 e. The first kappa shape index (κ1) is 16.9. The van der Waals surface area contributed by atoms with E-state index in [0.29, 0.717) is 12.5 Å². The molecule has 1 aromatic heterocycles. The second kappa shape index (κ2) is 8.06. The van der Waals surface area contributed by atoms with Gasteiger partial charge in [-0.25, -0.2) is 4.99 Å². The third-order valence-corrected chi connectivity index (χ3v) is 2.68.